The summed E-state index contributed by atoms with van der Waals surface area (Å²) in [6.45, 7) is 13.6. The average molecular weight is 655 g/mol. The minimum absolute atomic E-state index is 0.162. The zero-order valence-electron chi connectivity index (χ0n) is 27.8. The van der Waals surface area contributed by atoms with Crippen LogP contribution < -0.4 is 5.73 Å². The summed E-state index contributed by atoms with van der Waals surface area (Å²) in [6, 6.07) is 5.87. The van der Waals surface area contributed by atoms with E-state index in [4.69, 9.17) is 19.9 Å². The summed E-state index contributed by atoms with van der Waals surface area (Å²) in [5, 5.41) is 12.3. The van der Waals surface area contributed by atoms with Crippen molar-refractivity contribution in [2.24, 2.45) is 23.0 Å². The number of Topliss-reactive ketones (excluding diaryl/α,β-unsaturated/α-hetero) is 1. The number of ether oxygens (including phenoxy) is 3. The van der Waals surface area contributed by atoms with E-state index in [1.165, 1.54) is 0 Å². The molecule has 0 amide bonds. The van der Waals surface area contributed by atoms with E-state index in [0.29, 0.717) is 25.8 Å². The summed E-state index contributed by atoms with van der Waals surface area (Å²) >= 11 is 1.60. The topological polar surface area (TPSA) is 141 Å². The van der Waals surface area contributed by atoms with Crippen LogP contribution in [0.1, 0.15) is 95.7 Å². The number of aromatic nitrogens is 1. The van der Waals surface area contributed by atoms with E-state index in [1.54, 1.807) is 31.3 Å². The third-order valence-electron chi connectivity index (χ3n) is 9.44. The molecule has 2 aliphatic rings. The zero-order chi connectivity index (χ0) is 33.6. The van der Waals surface area contributed by atoms with Crippen molar-refractivity contribution in [3.8, 4) is 0 Å². The number of nitrogens with two attached hydrogens (primary N) is 1. The second-order valence-electron chi connectivity index (χ2n) is 13.6. The molecule has 4 rings (SSSR count). The highest BCUT2D eigenvalue weighted by atomic mass is 32.1. The largest absolute Gasteiger partial charge is 0.461 e. The molecule has 0 saturated carbocycles. The summed E-state index contributed by atoms with van der Waals surface area (Å²) in [5.74, 6) is -2.39. The first kappa shape index (κ1) is 35.9. The van der Waals surface area contributed by atoms with Crippen LogP contribution in [-0.4, -0.2) is 58.3 Å². The second kappa shape index (κ2) is 15.3. The molecular formula is C36H50N2O7S. The Labute approximate surface area is 276 Å². The molecule has 1 fully saturated rings. The third kappa shape index (κ3) is 8.70. The summed E-state index contributed by atoms with van der Waals surface area (Å²) in [5.41, 5.74) is 5.42. The van der Waals surface area contributed by atoms with E-state index >= 15 is 0 Å². The highest BCUT2D eigenvalue weighted by molar-refractivity contribution is 7.18. The van der Waals surface area contributed by atoms with Crippen molar-refractivity contribution in [1.82, 2.24) is 4.98 Å². The van der Waals surface area contributed by atoms with Gasteiger partial charge < -0.3 is 25.1 Å². The number of ketones is 1. The Hall–Kier alpha value is -2.92. The fraction of sp³-hybridized carbons (Fsp3) is 0.611. The van der Waals surface area contributed by atoms with Gasteiger partial charge in [-0.05, 0) is 63.8 Å². The molecule has 3 N–H and O–H groups in total. The lowest BCUT2D eigenvalue weighted by atomic mass is 9.71. The van der Waals surface area contributed by atoms with Gasteiger partial charge in [-0.25, -0.2) is 4.98 Å². The van der Waals surface area contributed by atoms with Crippen molar-refractivity contribution < 1.29 is 33.7 Å². The SMILES string of the molecule is C=CC[C@H]1C(=O)C(C)(C)[C@@H](O)CC(=O)O[C@H](c2ccc3sc(C)nc3c2)C[C@@H]2O[C@]2(C)CC=C[C@H](C)[C@@H]1OC(=O)CCCCCN. The number of rotatable bonds is 9. The molecule has 0 aliphatic carbocycles. The number of aryl methyl sites for hydroxylation is 1. The van der Waals surface area contributed by atoms with Gasteiger partial charge in [0, 0.05) is 18.8 Å². The van der Waals surface area contributed by atoms with E-state index in [0.717, 1.165) is 33.6 Å². The molecule has 7 atom stereocenters. The van der Waals surface area contributed by atoms with Crippen LogP contribution in [0, 0.1) is 24.2 Å². The quantitative estimate of drug-likeness (QED) is 0.138. The van der Waals surface area contributed by atoms with Gasteiger partial charge >= 0.3 is 11.9 Å². The monoisotopic (exact) mass is 654 g/mol. The summed E-state index contributed by atoms with van der Waals surface area (Å²) in [4.78, 5) is 45.2. The van der Waals surface area contributed by atoms with Crippen molar-refractivity contribution in [3.05, 3.63) is 53.6 Å². The first-order valence-electron chi connectivity index (χ1n) is 16.4. The normalized spacial score (nSPS) is 30.4. The van der Waals surface area contributed by atoms with E-state index in [-0.39, 0.29) is 43.0 Å². The minimum atomic E-state index is -1.34. The van der Waals surface area contributed by atoms with Gasteiger partial charge in [0.25, 0.3) is 0 Å². The molecule has 10 heteroatoms. The van der Waals surface area contributed by atoms with Gasteiger partial charge in [-0.3, -0.25) is 14.4 Å². The number of nitrogens with zero attached hydrogens (tertiary/aromatic N) is 1. The van der Waals surface area contributed by atoms with Crippen LogP contribution in [0.4, 0.5) is 0 Å². The molecular weight excluding hydrogens is 604 g/mol. The Kier molecular flexibility index (Phi) is 12.0. The van der Waals surface area contributed by atoms with Crippen molar-refractivity contribution in [3.63, 3.8) is 0 Å². The van der Waals surface area contributed by atoms with Crippen LogP contribution in [0.25, 0.3) is 10.2 Å². The van der Waals surface area contributed by atoms with E-state index < -0.39 is 41.2 Å². The molecule has 2 aliphatic heterocycles. The smallest absolute Gasteiger partial charge is 0.309 e. The maximum absolute atomic E-state index is 14.2. The molecule has 0 bridgehead atoms. The lowest BCUT2D eigenvalue weighted by Gasteiger charge is -2.36. The molecule has 3 heterocycles. The van der Waals surface area contributed by atoms with Gasteiger partial charge in [0.15, 0.2) is 0 Å². The fourth-order valence-corrected chi connectivity index (χ4v) is 7.10. The number of hydrogen-bond acceptors (Lipinski definition) is 10. The number of cyclic esters (lactones) is 1. The van der Waals surface area contributed by atoms with Gasteiger partial charge in [0.1, 0.15) is 18.0 Å². The van der Waals surface area contributed by atoms with Crippen LogP contribution in [0.2, 0.25) is 0 Å². The van der Waals surface area contributed by atoms with Crippen LogP contribution in [0.3, 0.4) is 0 Å². The maximum atomic E-state index is 14.2. The Morgan fingerprint density at radius 3 is 2.72 bits per heavy atom. The highest BCUT2D eigenvalue weighted by Crippen LogP contribution is 2.46. The number of aliphatic hydroxyl groups is 1. The average Bonchev–Trinajstić information content (AvgIpc) is 3.47. The Bertz CT molecular complexity index is 1430. The predicted molar refractivity (Wildman–Crippen MR) is 179 cm³/mol. The highest BCUT2D eigenvalue weighted by Gasteiger charge is 2.53. The lowest BCUT2D eigenvalue weighted by Crippen LogP contribution is -2.47. The molecule has 46 heavy (non-hydrogen) atoms. The number of benzene rings is 1. The first-order chi connectivity index (χ1) is 21.8. The van der Waals surface area contributed by atoms with Crippen molar-refractivity contribution in [2.75, 3.05) is 6.54 Å². The van der Waals surface area contributed by atoms with Crippen LogP contribution in [0.5, 0.6) is 0 Å². The molecule has 2 aromatic rings. The Morgan fingerprint density at radius 1 is 1.24 bits per heavy atom. The Balaban J connectivity index is 1.64. The number of epoxide rings is 1. The number of thiazole rings is 1. The fourth-order valence-electron chi connectivity index (χ4n) is 6.29. The molecule has 252 valence electrons. The lowest BCUT2D eigenvalue weighted by molar-refractivity contribution is -0.160. The Morgan fingerprint density at radius 2 is 2.00 bits per heavy atom. The van der Waals surface area contributed by atoms with Crippen molar-refractivity contribution >= 4 is 39.3 Å². The van der Waals surface area contributed by atoms with Gasteiger partial charge in [-0.2, -0.15) is 0 Å². The zero-order valence-corrected chi connectivity index (χ0v) is 28.6. The predicted octanol–water partition coefficient (Wildman–Crippen LogP) is 6.30. The molecule has 1 aromatic carbocycles. The standard InChI is InChI=1S/C36H50N2O7S/c1-7-12-25-33(44-31(40)14-9-8-10-18-37)22(2)13-11-17-36(6)30(45-36)20-27(24-15-16-28-26(19-24)38-23(3)46-28)43-32(41)21-29(39)35(4,5)34(25)42/h7,11,13,15-16,19,22,25,27,29-30,33,39H,1,8-10,12,14,17-18,20-21,37H2,2-6H3/t22-,25+,27-,29-,30-,33-,36+/m0/s1. The number of allylic oxidation sites excluding steroid dienone is 1. The number of esters is 2. The molecule has 0 spiro atoms. The van der Waals surface area contributed by atoms with E-state index in [2.05, 4.69) is 11.6 Å². The molecule has 1 saturated heterocycles. The minimum Gasteiger partial charge on any atom is -0.461 e. The molecule has 0 radical (unpaired) electrons. The summed E-state index contributed by atoms with van der Waals surface area (Å²) in [7, 11) is 0. The number of carbonyl (C=O) groups excluding carboxylic acids is 3. The molecule has 0 unspecified atom stereocenters. The van der Waals surface area contributed by atoms with Crippen molar-refractivity contribution in [1.29, 1.82) is 0 Å². The number of unbranched alkanes of at least 4 members (excludes halogenated alkanes) is 2. The first-order valence-corrected chi connectivity index (χ1v) is 17.2. The molecule has 1 aromatic heterocycles. The van der Waals surface area contributed by atoms with Gasteiger partial charge in [0.2, 0.25) is 0 Å². The number of fused-ring (bicyclic) bond motifs is 2. The van der Waals surface area contributed by atoms with Crippen molar-refractivity contribution in [2.45, 2.75) is 116 Å². The number of hydrogen-bond donors (Lipinski definition) is 2. The summed E-state index contributed by atoms with van der Waals surface area (Å²) < 4.78 is 19.3. The van der Waals surface area contributed by atoms with Gasteiger partial charge in [-0.1, -0.05) is 51.5 Å². The maximum Gasteiger partial charge on any atom is 0.309 e. The van der Waals surface area contributed by atoms with E-state index in [9.17, 15) is 19.5 Å². The van der Waals surface area contributed by atoms with Gasteiger partial charge in [-0.15, -0.1) is 17.9 Å². The second-order valence-corrected chi connectivity index (χ2v) is 14.8. The molecule has 9 nitrogen and oxygen atoms in total. The van der Waals surface area contributed by atoms with Crippen LogP contribution in [0.15, 0.2) is 43.0 Å². The van der Waals surface area contributed by atoms with Crippen LogP contribution in [-0.2, 0) is 28.6 Å². The van der Waals surface area contributed by atoms with Crippen LogP contribution >= 0.6 is 11.3 Å². The number of aliphatic hydroxyl groups excluding tert-OH is 1. The number of carbonyl (C=O) groups is 3. The van der Waals surface area contributed by atoms with Gasteiger partial charge in [0.05, 0.1) is 50.8 Å². The third-order valence-corrected chi connectivity index (χ3v) is 10.4. The summed E-state index contributed by atoms with van der Waals surface area (Å²) in [6.07, 6.45) is 6.13. The van der Waals surface area contributed by atoms with E-state index in [1.807, 2.05) is 51.1 Å².